The third-order valence-corrected chi connectivity index (χ3v) is 2.06. The van der Waals surface area contributed by atoms with Gasteiger partial charge in [0.1, 0.15) is 30.6 Å². The lowest BCUT2D eigenvalue weighted by molar-refractivity contribution is -0.132. The van der Waals surface area contributed by atoms with Crippen molar-refractivity contribution < 1.29 is 29.6 Å². The maximum absolute atomic E-state index is 10.8. The van der Waals surface area contributed by atoms with Crippen molar-refractivity contribution in [3.8, 4) is 0 Å². The first-order chi connectivity index (χ1) is 7.47. The molecule has 0 rings (SSSR count). The number of carbonyl (C=O) groups is 2. The highest BCUT2D eigenvalue weighted by atomic mass is 16.5. The predicted molar refractivity (Wildman–Crippen MR) is 53.6 cm³/mol. The first-order valence-electron chi connectivity index (χ1n) is 4.70. The molecule has 7 nitrogen and oxygen atoms in total. The van der Waals surface area contributed by atoms with Gasteiger partial charge in [-0.2, -0.15) is 0 Å². The summed E-state index contributed by atoms with van der Waals surface area (Å²) in [6.45, 7) is 0.532. The second kappa shape index (κ2) is 7.29. The van der Waals surface area contributed by atoms with Crippen LogP contribution in [0.25, 0.3) is 0 Å². The standard InChI is InChI=1S/C9H17NO6/c1-5(13)10-6(3-11)9(16-2)8(15)7(14)4-12/h3,6-9,12,14-15H,4H2,1-2H3,(H,10,13)/t6-,7+,8+,9+/m0/s1. The molecule has 0 saturated heterocycles. The molecule has 0 spiro atoms. The third kappa shape index (κ3) is 4.23. The van der Waals surface area contributed by atoms with E-state index in [1.807, 2.05) is 0 Å². The van der Waals surface area contributed by atoms with Crippen LogP contribution in [0.2, 0.25) is 0 Å². The van der Waals surface area contributed by atoms with Crippen LogP contribution in [0.5, 0.6) is 0 Å². The average molecular weight is 235 g/mol. The Morgan fingerprint density at radius 3 is 2.38 bits per heavy atom. The molecule has 0 aliphatic carbocycles. The topological polar surface area (TPSA) is 116 Å². The van der Waals surface area contributed by atoms with Crippen molar-refractivity contribution >= 4 is 12.2 Å². The fourth-order valence-electron chi connectivity index (χ4n) is 1.25. The lowest BCUT2D eigenvalue weighted by Gasteiger charge is -2.28. The maximum atomic E-state index is 10.8. The fraction of sp³-hybridized carbons (Fsp3) is 0.778. The molecule has 0 aliphatic heterocycles. The summed E-state index contributed by atoms with van der Waals surface area (Å²) in [5.41, 5.74) is 0. The van der Waals surface area contributed by atoms with E-state index in [9.17, 15) is 19.8 Å². The normalized spacial score (nSPS) is 18.3. The van der Waals surface area contributed by atoms with E-state index in [1.165, 1.54) is 14.0 Å². The molecule has 94 valence electrons. The number of hydrogen-bond acceptors (Lipinski definition) is 6. The SMILES string of the molecule is CO[C@@H]([C@H](O)[C@H](O)CO)[C@H](C=O)NC(C)=O. The van der Waals surface area contributed by atoms with Gasteiger partial charge in [0, 0.05) is 14.0 Å². The molecule has 0 aliphatic rings. The minimum absolute atomic E-state index is 0.392. The van der Waals surface area contributed by atoms with Crippen LogP contribution >= 0.6 is 0 Å². The molecule has 1 amide bonds. The molecule has 0 aromatic rings. The van der Waals surface area contributed by atoms with Crippen LogP contribution in [0.3, 0.4) is 0 Å². The first-order valence-corrected chi connectivity index (χ1v) is 4.70. The van der Waals surface area contributed by atoms with E-state index in [0.717, 1.165) is 0 Å². The molecular weight excluding hydrogens is 218 g/mol. The van der Waals surface area contributed by atoms with Gasteiger partial charge in [-0.05, 0) is 0 Å². The van der Waals surface area contributed by atoms with Crippen LogP contribution in [-0.2, 0) is 14.3 Å². The zero-order valence-corrected chi connectivity index (χ0v) is 9.16. The number of hydrogen-bond donors (Lipinski definition) is 4. The summed E-state index contributed by atoms with van der Waals surface area (Å²) in [5, 5.41) is 29.6. The number of ether oxygens (including phenoxy) is 1. The summed E-state index contributed by atoms with van der Waals surface area (Å²) in [6.07, 6.45) is -3.65. The number of aldehydes is 1. The molecule has 0 fully saturated rings. The number of aliphatic hydroxyl groups is 3. The Hall–Kier alpha value is -1.02. The molecule has 0 aromatic heterocycles. The van der Waals surface area contributed by atoms with E-state index in [1.54, 1.807) is 0 Å². The predicted octanol–water partition coefficient (Wildman–Crippen LogP) is -2.58. The molecule has 4 N–H and O–H groups in total. The van der Waals surface area contributed by atoms with Crippen LogP contribution in [-0.4, -0.2) is 65.6 Å². The van der Waals surface area contributed by atoms with Gasteiger partial charge in [-0.25, -0.2) is 0 Å². The quantitative estimate of drug-likeness (QED) is 0.360. The van der Waals surface area contributed by atoms with Crippen molar-refractivity contribution in [2.75, 3.05) is 13.7 Å². The van der Waals surface area contributed by atoms with Crippen molar-refractivity contribution in [1.29, 1.82) is 0 Å². The van der Waals surface area contributed by atoms with Crippen LogP contribution in [0, 0.1) is 0 Å². The molecule has 16 heavy (non-hydrogen) atoms. The van der Waals surface area contributed by atoms with E-state index < -0.39 is 36.9 Å². The summed E-state index contributed by atoms with van der Waals surface area (Å²) in [6, 6.07) is -1.08. The van der Waals surface area contributed by atoms with Crippen LogP contribution in [0.4, 0.5) is 0 Å². The number of carbonyl (C=O) groups excluding carboxylic acids is 2. The number of rotatable bonds is 7. The van der Waals surface area contributed by atoms with Gasteiger partial charge in [-0.15, -0.1) is 0 Å². The molecule has 0 saturated carbocycles. The van der Waals surface area contributed by atoms with Gasteiger partial charge in [-0.1, -0.05) is 0 Å². The largest absolute Gasteiger partial charge is 0.394 e. The van der Waals surface area contributed by atoms with Gasteiger partial charge in [0.25, 0.3) is 0 Å². The minimum Gasteiger partial charge on any atom is -0.394 e. The zero-order chi connectivity index (χ0) is 12.7. The Labute approximate surface area is 93.0 Å². The van der Waals surface area contributed by atoms with E-state index >= 15 is 0 Å². The van der Waals surface area contributed by atoms with Gasteiger partial charge >= 0.3 is 0 Å². The molecule has 7 heteroatoms. The smallest absolute Gasteiger partial charge is 0.217 e. The van der Waals surface area contributed by atoms with Crippen molar-refractivity contribution in [3.63, 3.8) is 0 Å². The van der Waals surface area contributed by atoms with Gasteiger partial charge in [0.15, 0.2) is 0 Å². The Balaban J connectivity index is 4.65. The average Bonchev–Trinajstić information content (AvgIpc) is 2.26. The van der Waals surface area contributed by atoms with Gasteiger partial charge in [0.2, 0.25) is 5.91 Å². The number of amides is 1. The summed E-state index contributed by atoms with van der Waals surface area (Å²) in [5.74, 6) is -0.468. The fourth-order valence-corrected chi connectivity index (χ4v) is 1.25. The van der Waals surface area contributed by atoms with E-state index in [0.29, 0.717) is 6.29 Å². The summed E-state index contributed by atoms with van der Waals surface area (Å²) in [4.78, 5) is 21.5. The van der Waals surface area contributed by atoms with E-state index in [4.69, 9.17) is 9.84 Å². The molecule has 0 bridgehead atoms. The van der Waals surface area contributed by atoms with Crippen molar-refractivity contribution in [1.82, 2.24) is 5.32 Å². The van der Waals surface area contributed by atoms with Crippen molar-refractivity contribution in [2.24, 2.45) is 0 Å². The highest BCUT2D eigenvalue weighted by molar-refractivity contribution is 5.77. The maximum Gasteiger partial charge on any atom is 0.217 e. The summed E-state index contributed by atoms with van der Waals surface area (Å²) in [7, 11) is 1.22. The number of aliphatic hydroxyl groups excluding tert-OH is 3. The molecule has 0 radical (unpaired) electrons. The van der Waals surface area contributed by atoms with Gasteiger partial charge < -0.3 is 30.2 Å². The molecular formula is C9H17NO6. The van der Waals surface area contributed by atoms with Crippen molar-refractivity contribution in [3.05, 3.63) is 0 Å². The second-order valence-corrected chi connectivity index (χ2v) is 3.30. The number of nitrogens with one attached hydrogen (secondary N) is 1. The van der Waals surface area contributed by atoms with Crippen LogP contribution in [0.1, 0.15) is 6.92 Å². The van der Waals surface area contributed by atoms with E-state index in [2.05, 4.69) is 5.32 Å². The Kier molecular flexibility index (Phi) is 6.82. The highest BCUT2D eigenvalue weighted by Gasteiger charge is 2.33. The summed E-state index contributed by atoms with van der Waals surface area (Å²) < 4.78 is 4.82. The zero-order valence-electron chi connectivity index (χ0n) is 9.16. The monoisotopic (exact) mass is 235 g/mol. The molecule has 0 heterocycles. The lowest BCUT2D eigenvalue weighted by Crippen LogP contribution is -2.54. The summed E-state index contributed by atoms with van der Waals surface area (Å²) >= 11 is 0. The van der Waals surface area contributed by atoms with Gasteiger partial charge in [-0.3, -0.25) is 4.79 Å². The Morgan fingerprint density at radius 1 is 1.50 bits per heavy atom. The minimum atomic E-state index is -1.47. The highest BCUT2D eigenvalue weighted by Crippen LogP contribution is 2.07. The number of methoxy groups -OCH3 is 1. The van der Waals surface area contributed by atoms with Gasteiger partial charge in [0.05, 0.1) is 6.61 Å². The Morgan fingerprint density at radius 2 is 2.06 bits per heavy atom. The second-order valence-electron chi connectivity index (χ2n) is 3.30. The Bertz CT molecular complexity index is 234. The van der Waals surface area contributed by atoms with Crippen LogP contribution < -0.4 is 5.32 Å². The van der Waals surface area contributed by atoms with Crippen molar-refractivity contribution in [2.45, 2.75) is 31.3 Å². The van der Waals surface area contributed by atoms with E-state index in [-0.39, 0.29) is 0 Å². The molecule has 4 atom stereocenters. The third-order valence-electron chi connectivity index (χ3n) is 2.06. The lowest BCUT2D eigenvalue weighted by atomic mass is 10.0. The van der Waals surface area contributed by atoms with Crippen LogP contribution in [0.15, 0.2) is 0 Å². The first kappa shape index (κ1) is 15.0. The molecule has 0 unspecified atom stereocenters. The molecule has 0 aromatic carbocycles.